The van der Waals surface area contributed by atoms with Crippen molar-refractivity contribution in [2.75, 3.05) is 32.7 Å². The van der Waals surface area contributed by atoms with Crippen LogP contribution in [0.25, 0.3) is 0 Å². The number of likely N-dealkylation sites (tertiary alicyclic amines) is 1. The molecule has 0 aromatic rings. The van der Waals surface area contributed by atoms with Crippen LogP contribution in [0.1, 0.15) is 46.5 Å². The van der Waals surface area contributed by atoms with Gasteiger partial charge in [0.25, 0.3) is 0 Å². The van der Waals surface area contributed by atoms with E-state index in [4.69, 9.17) is 5.73 Å². The first-order chi connectivity index (χ1) is 8.21. The highest BCUT2D eigenvalue weighted by molar-refractivity contribution is 4.83. The standard InChI is InChI=1S/C14H31N3/c1-4-7-13(15)8-10-16-11-9-14(12-16)17(5-2)6-3/h13-14H,4-12,15H2,1-3H3. The third-order valence-electron chi connectivity index (χ3n) is 4.05. The lowest BCUT2D eigenvalue weighted by Gasteiger charge is -2.26. The van der Waals surface area contributed by atoms with Crippen molar-refractivity contribution in [2.45, 2.75) is 58.5 Å². The third-order valence-corrected chi connectivity index (χ3v) is 4.05. The highest BCUT2D eigenvalue weighted by Gasteiger charge is 2.25. The molecule has 0 aromatic heterocycles. The number of nitrogens with two attached hydrogens (primary N) is 1. The van der Waals surface area contributed by atoms with E-state index in [0.29, 0.717) is 6.04 Å². The first-order valence-corrected chi connectivity index (χ1v) is 7.43. The fraction of sp³-hybridized carbons (Fsp3) is 1.00. The predicted octanol–water partition coefficient (Wildman–Crippen LogP) is 1.92. The molecule has 2 atom stereocenters. The van der Waals surface area contributed by atoms with E-state index in [1.54, 1.807) is 0 Å². The minimum Gasteiger partial charge on any atom is -0.328 e. The van der Waals surface area contributed by atoms with Crippen LogP contribution < -0.4 is 5.73 Å². The summed E-state index contributed by atoms with van der Waals surface area (Å²) in [6.45, 7) is 12.8. The summed E-state index contributed by atoms with van der Waals surface area (Å²) in [5.74, 6) is 0. The minimum atomic E-state index is 0.410. The monoisotopic (exact) mass is 241 g/mol. The molecule has 0 bridgehead atoms. The van der Waals surface area contributed by atoms with Crippen LogP contribution in [-0.2, 0) is 0 Å². The number of nitrogens with zero attached hydrogens (tertiary/aromatic N) is 2. The maximum absolute atomic E-state index is 6.07. The van der Waals surface area contributed by atoms with Gasteiger partial charge in [-0.05, 0) is 45.4 Å². The molecule has 1 saturated heterocycles. The van der Waals surface area contributed by atoms with Crippen molar-refractivity contribution in [1.29, 1.82) is 0 Å². The molecule has 0 saturated carbocycles. The Morgan fingerprint density at radius 1 is 1.24 bits per heavy atom. The molecule has 1 aliphatic heterocycles. The van der Waals surface area contributed by atoms with Gasteiger partial charge in [-0.15, -0.1) is 0 Å². The fourth-order valence-electron chi connectivity index (χ4n) is 2.92. The zero-order chi connectivity index (χ0) is 12.7. The van der Waals surface area contributed by atoms with Gasteiger partial charge in [0.15, 0.2) is 0 Å². The van der Waals surface area contributed by atoms with Crippen LogP contribution >= 0.6 is 0 Å². The first kappa shape index (κ1) is 14.9. The van der Waals surface area contributed by atoms with Crippen molar-refractivity contribution < 1.29 is 0 Å². The van der Waals surface area contributed by atoms with Gasteiger partial charge in [-0.1, -0.05) is 27.2 Å². The predicted molar refractivity (Wildman–Crippen MR) is 75.3 cm³/mol. The van der Waals surface area contributed by atoms with Crippen molar-refractivity contribution in [3.63, 3.8) is 0 Å². The Balaban J connectivity index is 2.21. The van der Waals surface area contributed by atoms with Gasteiger partial charge in [0.2, 0.25) is 0 Å². The molecule has 0 aliphatic carbocycles. The maximum atomic E-state index is 6.07. The molecule has 17 heavy (non-hydrogen) atoms. The van der Waals surface area contributed by atoms with Crippen LogP contribution in [0.3, 0.4) is 0 Å². The average Bonchev–Trinajstić information content (AvgIpc) is 2.77. The second-order valence-corrected chi connectivity index (χ2v) is 5.30. The van der Waals surface area contributed by atoms with Gasteiger partial charge in [-0.2, -0.15) is 0 Å². The lowest BCUT2D eigenvalue weighted by Crippen LogP contribution is -2.38. The summed E-state index contributed by atoms with van der Waals surface area (Å²) in [4.78, 5) is 5.18. The number of likely N-dealkylation sites (N-methyl/N-ethyl adjacent to an activating group) is 1. The zero-order valence-corrected chi connectivity index (χ0v) is 12.0. The van der Waals surface area contributed by atoms with E-state index >= 15 is 0 Å². The highest BCUT2D eigenvalue weighted by Crippen LogP contribution is 2.16. The molecule has 1 aliphatic rings. The van der Waals surface area contributed by atoms with E-state index in [1.165, 1.54) is 58.4 Å². The molecule has 0 aromatic carbocycles. The Bertz CT molecular complexity index is 192. The van der Waals surface area contributed by atoms with Crippen molar-refractivity contribution in [1.82, 2.24) is 9.80 Å². The molecule has 2 N–H and O–H groups in total. The van der Waals surface area contributed by atoms with E-state index in [2.05, 4.69) is 30.6 Å². The Morgan fingerprint density at radius 3 is 2.53 bits per heavy atom. The molecular formula is C14H31N3. The largest absolute Gasteiger partial charge is 0.328 e. The summed E-state index contributed by atoms with van der Waals surface area (Å²) < 4.78 is 0. The SMILES string of the molecule is CCCC(N)CCN1CCC(N(CC)CC)C1. The molecule has 102 valence electrons. The Morgan fingerprint density at radius 2 is 1.94 bits per heavy atom. The second kappa shape index (κ2) is 8.06. The Hall–Kier alpha value is -0.120. The summed E-state index contributed by atoms with van der Waals surface area (Å²) >= 11 is 0. The smallest absolute Gasteiger partial charge is 0.0235 e. The molecule has 0 spiro atoms. The molecule has 0 amide bonds. The van der Waals surface area contributed by atoms with Gasteiger partial charge >= 0.3 is 0 Å². The summed E-state index contributed by atoms with van der Waals surface area (Å²) in [5.41, 5.74) is 6.07. The van der Waals surface area contributed by atoms with Gasteiger partial charge in [-0.3, -0.25) is 4.90 Å². The van der Waals surface area contributed by atoms with Crippen molar-refractivity contribution in [3.05, 3.63) is 0 Å². The molecule has 1 fully saturated rings. The quantitative estimate of drug-likeness (QED) is 0.705. The molecular weight excluding hydrogens is 210 g/mol. The van der Waals surface area contributed by atoms with Crippen LogP contribution in [-0.4, -0.2) is 54.6 Å². The highest BCUT2D eigenvalue weighted by atomic mass is 15.2. The summed E-state index contributed by atoms with van der Waals surface area (Å²) in [6.07, 6.45) is 4.89. The van der Waals surface area contributed by atoms with Crippen molar-refractivity contribution in [2.24, 2.45) is 5.73 Å². The van der Waals surface area contributed by atoms with Gasteiger partial charge < -0.3 is 10.6 Å². The Kier molecular flexibility index (Phi) is 7.09. The van der Waals surface area contributed by atoms with E-state index in [0.717, 1.165) is 6.04 Å². The third kappa shape index (κ3) is 4.94. The van der Waals surface area contributed by atoms with E-state index in [9.17, 15) is 0 Å². The van der Waals surface area contributed by atoms with Crippen molar-refractivity contribution in [3.8, 4) is 0 Å². The minimum absolute atomic E-state index is 0.410. The molecule has 1 rings (SSSR count). The van der Waals surface area contributed by atoms with Gasteiger partial charge in [0.05, 0.1) is 0 Å². The zero-order valence-electron chi connectivity index (χ0n) is 12.0. The number of hydrogen-bond acceptors (Lipinski definition) is 3. The van der Waals surface area contributed by atoms with Crippen LogP contribution in [0.15, 0.2) is 0 Å². The maximum Gasteiger partial charge on any atom is 0.0235 e. The lowest BCUT2D eigenvalue weighted by atomic mass is 10.1. The van der Waals surface area contributed by atoms with Crippen molar-refractivity contribution >= 4 is 0 Å². The normalized spacial score (nSPS) is 23.5. The fourth-order valence-corrected chi connectivity index (χ4v) is 2.92. The van der Waals surface area contributed by atoms with Crippen LogP contribution in [0, 0.1) is 0 Å². The molecule has 1 heterocycles. The number of hydrogen-bond donors (Lipinski definition) is 1. The van der Waals surface area contributed by atoms with Gasteiger partial charge in [0.1, 0.15) is 0 Å². The lowest BCUT2D eigenvalue weighted by molar-refractivity contribution is 0.209. The average molecular weight is 241 g/mol. The molecule has 3 nitrogen and oxygen atoms in total. The number of rotatable bonds is 8. The molecule has 2 unspecified atom stereocenters. The Labute approximate surface area is 107 Å². The summed E-state index contributed by atoms with van der Waals surface area (Å²) in [6, 6.07) is 1.19. The second-order valence-electron chi connectivity index (χ2n) is 5.30. The topological polar surface area (TPSA) is 32.5 Å². The first-order valence-electron chi connectivity index (χ1n) is 7.43. The van der Waals surface area contributed by atoms with Crippen LogP contribution in [0.4, 0.5) is 0 Å². The summed E-state index contributed by atoms with van der Waals surface area (Å²) in [7, 11) is 0. The van der Waals surface area contributed by atoms with E-state index in [-0.39, 0.29) is 0 Å². The molecule has 3 heteroatoms. The van der Waals surface area contributed by atoms with E-state index < -0.39 is 0 Å². The van der Waals surface area contributed by atoms with Gasteiger partial charge in [-0.25, -0.2) is 0 Å². The summed E-state index contributed by atoms with van der Waals surface area (Å²) in [5, 5.41) is 0. The van der Waals surface area contributed by atoms with Crippen LogP contribution in [0.2, 0.25) is 0 Å². The van der Waals surface area contributed by atoms with Gasteiger partial charge in [0, 0.05) is 18.6 Å². The van der Waals surface area contributed by atoms with E-state index in [1.807, 2.05) is 0 Å². The molecule has 0 radical (unpaired) electrons. The van der Waals surface area contributed by atoms with Crippen LogP contribution in [0.5, 0.6) is 0 Å².